The maximum atomic E-state index is 11.7. The van der Waals surface area contributed by atoms with Crippen LogP contribution in [0.15, 0.2) is 54.6 Å². The summed E-state index contributed by atoms with van der Waals surface area (Å²) in [4.78, 5) is 4.99. The Morgan fingerprint density at radius 3 is 2.47 bits per heavy atom. The number of nitrogens with zero attached hydrogens (tertiary/aromatic N) is 2. The first kappa shape index (κ1) is 20.0. The molecule has 160 valence electrons. The minimum Gasteiger partial charge on any atom is -0.492 e. The van der Waals surface area contributed by atoms with E-state index in [2.05, 4.69) is 52.3 Å². The lowest BCUT2D eigenvalue weighted by molar-refractivity contribution is -0.00686. The topological polar surface area (TPSA) is 35.9 Å². The first-order valence-electron chi connectivity index (χ1n) is 11.6. The van der Waals surface area contributed by atoms with Gasteiger partial charge in [0.05, 0.1) is 5.60 Å². The highest BCUT2D eigenvalue weighted by atomic mass is 16.5. The molecule has 3 fully saturated rings. The van der Waals surface area contributed by atoms with E-state index in [9.17, 15) is 5.11 Å². The van der Waals surface area contributed by atoms with Gasteiger partial charge in [0.15, 0.2) is 0 Å². The molecule has 1 aliphatic carbocycles. The summed E-state index contributed by atoms with van der Waals surface area (Å²) in [5, 5.41) is 11.7. The van der Waals surface area contributed by atoms with Crippen molar-refractivity contribution in [2.75, 3.05) is 39.3 Å². The normalized spacial score (nSPS) is 29.4. The third-order valence-corrected chi connectivity index (χ3v) is 7.50. The Hall–Kier alpha value is -1.88. The van der Waals surface area contributed by atoms with Gasteiger partial charge in [0.25, 0.3) is 0 Å². The highest BCUT2D eigenvalue weighted by Gasteiger charge is 2.52. The van der Waals surface area contributed by atoms with Crippen LogP contribution in [0.2, 0.25) is 0 Å². The quantitative estimate of drug-likeness (QED) is 0.757. The lowest BCUT2D eigenvalue weighted by Gasteiger charge is -2.31. The summed E-state index contributed by atoms with van der Waals surface area (Å²) in [7, 11) is 0. The van der Waals surface area contributed by atoms with Crippen molar-refractivity contribution in [2.24, 2.45) is 11.8 Å². The smallest absolute Gasteiger partial charge is 0.119 e. The molecule has 3 aliphatic rings. The van der Waals surface area contributed by atoms with Crippen molar-refractivity contribution in [3.8, 4) is 5.75 Å². The largest absolute Gasteiger partial charge is 0.492 e. The predicted octanol–water partition coefficient (Wildman–Crippen LogP) is 3.89. The molecule has 2 aromatic carbocycles. The number of hydrogen-bond acceptors (Lipinski definition) is 4. The fourth-order valence-corrected chi connectivity index (χ4v) is 5.85. The minimum absolute atomic E-state index is 0.322. The monoisotopic (exact) mass is 406 g/mol. The molecule has 2 aromatic rings. The molecule has 0 spiro atoms. The fraction of sp³-hybridized carbons (Fsp3) is 0.538. The van der Waals surface area contributed by atoms with Crippen molar-refractivity contribution >= 4 is 0 Å². The van der Waals surface area contributed by atoms with Crippen LogP contribution in [0.25, 0.3) is 0 Å². The van der Waals surface area contributed by atoms with Gasteiger partial charge in [-0.1, -0.05) is 42.5 Å². The molecule has 2 unspecified atom stereocenters. The first-order chi connectivity index (χ1) is 14.7. The molecule has 0 aromatic heterocycles. The second kappa shape index (κ2) is 8.70. The van der Waals surface area contributed by atoms with Crippen LogP contribution in [-0.2, 0) is 12.1 Å². The van der Waals surface area contributed by atoms with Gasteiger partial charge in [0.1, 0.15) is 12.4 Å². The first-order valence-corrected chi connectivity index (χ1v) is 11.6. The van der Waals surface area contributed by atoms with Gasteiger partial charge < -0.3 is 9.84 Å². The predicted molar refractivity (Wildman–Crippen MR) is 119 cm³/mol. The number of benzene rings is 2. The molecule has 2 aliphatic heterocycles. The molecule has 2 heterocycles. The SMILES string of the molecule is O[C@@]1(c2ccc(OCCN3CCCC3)cc2)CCC2CN(Cc3ccccc3)CC21. The van der Waals surface area contributed by atoms with Crippen molar-refractivity contribution in [3.63, 3.8) is 0 Å². The molecule has 0 bridgehead atoms. The van der Waals surface area contributed by atoms with Gasteiger partial charge in [-0.25, -0.2) is 0 Å². The Labute approximate surface area is 180 Å². The molecule has 1 saturated carbocycles. The van der Waals surface area contributed by atoms with Crippen LogP contribution >= 0.6 is 0 Å². The summed E-state index contributed by atoms with van der Waals surface area (Å²) in [6.07, 6.45) is 4.62. The average Bonchev–Trinajstić information content (AvgIpc) is 3.49. The molecule has 5 rings (SSSR count). The summed E-state index contributed by atoms with van der Waals surface area (Å²) in [6.45, 7) is 7.21. The van der Waals surface area contributed by atoms with Crippen molar-refractivity contribution < 1.29 is 9.84 Å². The Bertz CT molecular complexity index is 819. The molecule has 0 amide bonds. The Morgan fingerprint density at radius 2 is 1.70 bits per heavy atom. The number of likely N-dealkylation sites (tertiary alicyclic amines) is 2. The van der Waals surface area contributed by atoms with Gasteiger partial charge in [-0.3, -0.25) is 9.80 Å². The highest BCUT2D eigenvalue weighted by molar-refractivity contribution is 5.33. The zero-order valence-corrected chi connectivity index (χ0v) is 17.9. The van der Waals surface area contributed by atoms with Crippen molar-refractivity contribution in [3.05, 3.63) is 65.7 Å². The zero-order valence-electron chi connectivity index (χ0n) is 17.9. The van der Waals surface area contributed by atoms with E-state index in [1.807, 2.05) is 12.1 Å². The molecule has 3 atom stereocenters. The third-order valence-electron chi connectivity index (χ3n) is 7.50. The van der Waals surface area contributed by atoms with E-state index >= 15 is 0 Å². The van der Waals surface area contributed by atoms with Crippen molar-refractivity contribution in [1.29, 1.82) is 0 Å². The van der Waals surface area contributed by atoms with E-state index in [0.717, 1.165) is 56.9 Å². The van der Waals surface area contributed by atoms with Crippen LogP contribution in [0.4, 0.5) is 0 Å². The number of aliphatic hydroxyl groups is 1. The Morgan fingerprint density at radius 1 is 0.933 bits per heavy atom. The van der Waals surface area contributed by atoms with Crippen LogP contribution in [0.3, 0.4) is 0 Å². The lowest BCUT2D eigenvalue weighted by Crippen LogP contribution is -2.34. The number of hydrogen-bond donors (Lipinski definition) is 1. The van der Waals surface area contributed by atoms with E-state index in [0.29, 0.717) is 11.8 Å². The van der Waals surface area contributed by atoms with Crippen LogP contribution < -0.4 is 4.74 Å². The third kappa shape index (κ3) is 4.14. The molecule has 4 nitrogen and oxygen atoms in total. The Balaban J connectivity index is 1.19. The maximum absolute atomic E-state index is 11.7. The van der Waals surface area contributed by atoms with Crippen LogP contribution in [-0.4, -0.2) is 54.2 Å². The van der Waals surface area contributed by atoms with Crippen molar-refractivity contribution in [2.45, 2.75) is 37.8 Å². The molecule has 0 radical (unpaired) electrons. The molecule has 30 heavy (non-hydrogen) atoms. The molecule has 1 N–H and O–H groups in total. The number of rotatable bonds is 7. The maximum Gasteiger partial charge on any atom is 0.119 e. The van der Waals surface area contributed by atoms with E-state index in [-0.39, 0.29) is 0 Å². The average molecular weight is 407 g/mol. The minimum atomic E-state index is -0.704. The van der Waals surface area contributed by atoms with Gasteiger partial charge in [0, 0.05) is 32.1 Å². The van der Waals surface area contributed by atoms with Crippen LogP contribution in [0.5, 0.6) is 5.75 Å². The standard InChI is InChI=1S/C26H34N2O2/c29-26(23-8-10-24(11-9-23)30-17-16-27-14-4-5-15-27)13-12-22-19-28(20-25(22)26)18-21-6-2-1-3-7-21/h1-3,6-11,22,25,29H,4-5,12-20H2/t22?,25?,26-/m1/s1. The van der Waals surface area contributed by atoms with Crippen molar-refractivity contribution in [1.82, 2.24) is 9.80 Å². The highest BCUT2D eigenvalue weighted by Crippen LogP contribution is 2.50. The van der Waals surface area contributed by atoms with E-state index in [1.54, 1.807) is 0 Å². The van der Waals surface area contributed by atoms with Gasteiger partial charge >= 0.3 is 0 Å². The van der Waals surface area contributed by atoms with E-state index < -0.39 is 5.60 Å². The summed E-state index contributed by atoms with van der Waals surface area (Å²) in [5.74, 6) is 1.83. The Kier molecular flexibility index (Phi) is 5.81. The second-order valence-electron chi connectivity index (χ2n) is 9.43. The molecule has 2 saturated heterocycles. The summed E-state index contributed by atoms with van der Waals surface area (Å²) in [5.41, 5.74) is 1.71. The molecular weight excluding hydrogens is 372 g/mol. The summed E-state index contributed by atoms with van der Waals surface area (Å²) in [6, 6.07) is 18.9. The van der Waals surface area contributed by atoms with E-state index in [4.69, 9.17) is 4.74 Å². The van der Waals surface area contributed by atoms with Crippen LogP contribution in [0.1, 0.15) is 36.8 Å². The lowest BCUT2D eigenvalue weighted by atomic mass is 9.82. The van der Waals surface area contributed by atoms with Crippen LogP contribution in [0, 0.1) is 11.8 Å². The zero-order chi connectivity index (χ0) is 20.4. The van der Waals surface area contributed by atoms with Gasteiger partial charge in [-0.05, 0) is 68.0 Å². The van der Waals surface area contributed by atoms with Gasteiger partial charge in [0.2, 0.25) is 0 Å². The summed E-state index contributed by atoms with van der Waals surface area (Å²) >= 11 is 0. The molecule has 4 heteroatoms. The number of ether oxygens (including phenoxy) is 1. The summed E-state index contributed by atoms with van der Waals surface area (Å²) < 4.78 is 5.96. The molecular formula is C26H34N2O2. The van der Waals surface area contributed by atoms with Gasteiger partial charge in [-0.15, -0.1) is 0 Å². The number of fused-ring (bicyclic) bond motifs is 1. The fourth-order valence-electron chi connectivity index (χ4n) is 5.85. The van der Waals surface area contributed by atoms with E-state index in [1.165, 1.54) is 31.5 Å². The second-order valence-corrected chi connectivity index (χ2v) is 9.43. The van der Waals surface area contributed by atoms with Gasteiger partial charge in [-0.2, -0.15) is 0 Å².